The topological polar surface area (TPSA) is 48.5 Å². The van der Waals surface area contributed by atoms with E-state index < -0.39 is 0 Å². The maximum absolute atomic E-state index is 13.9. The average Bonchev–Trinajstić information content (AvgIpc) is 2.67. The number of carbonyl (C=O) groups is 1. The average molecular weight is 356 g/mol. The van der Waals surface area contributed by atoms with Crippen molar-refractivity contribution in [3.8, 4) is 0 Å². The molecule has 0 unspecified atom stereocenters. The summed E-state index contributed by atoms with van der Waals surface area (Å²) < 4.78 is 13.9. The first-order chi connectivity index (χ1) is 12.5. The number of piperazine rings is 1. The minimum Gasteiger partial charge on any atom is -0.370 e. The van der Waals surface area contributed by atoms with E-state index in [-0.39, 0.29) is 11.7 Å². The Balaban J connectivity index is 1.57. The Labute approximate surface area is 153 Å². The Morgan fingerprint density at radius 3 is 2.50 bits per heavy atom. The molecule has 1 amide bonds. The van der Waals surface area contributed by atoms with Crippen molar-refractivity contribution in [1.82, 2.24) is 9.88 Å². The summed E-state index contributed by atoms with van der Waals surface area (Å²) in [7, 11) is 0. The molecule has 0 saturated carbocycles. The molecule has 0 spiro atoms. The molecule has 2 heterocycles. The molecular weight excluding hydrogens is 331 g/mol. The third kappa shape index (κ3) is 4.31. The second kappa shape index (κ2) is 8.17. The van der Waals surface area contributed by atoms with Gasteiger partial charge in [-0.05, 0) is 30.2 Å². The van der Waals surface area contributed by atoms with Gasteiger partial charge in [0.05, 0.1) is 11.3 Å². The predicted molar refractivity (Wildman–Crippen MR) is 102 cm³/mol. The molecule has 0 bridgehead atoms. The number of rotatable bonds is 5. The summed E-state index contributed by atoms with van der Waals surface area (Å²) in [5.74, 6) is 1.06. The second-order valence-corrected chi connectivity index (χ2v) is 6.94. The molecule has 5 nitrogen and oxygen atoms in total. The van der Waals surface area contributed by atoms with Crippen LogP contribution in [0.15, 0.2) is 42.6 Å². The lowest BCUT2D eigenvalue weighted by Crippen LogP contribution is -2.49. The number of pyridine rings is 1. The standard InChI is InChI=1S/C20H25FN4O/c1-15(2)13-22-19-8-7-16(14-23-19)20(26)25-11-9-24(10-12-25)18-6-4-3-5-17(18)21/h3-8,14-15H,9-13H2,1-2H3,(H,22,23). The molecule has 1 aromatic heterocycles. The van der Waals surface area contributed by atoms with Crippen LogP contribution in [-0.2, 0) is 0 Å². The van der Waals surface area contributed by atoms with E-state index in [1.54, 1.807) is 29.3 Å². The Morgan fingerprint density at radius 1 is 1.15 bits per heavy atom. The van der Waals surface area contributed by atoms with Gasteiger partial charge in [-0.25, -0.2) is 9.37 Å². The molecule has 3 rings (SSSR count). The van der Waals surface area contributed by atoms with Crippen LogP contribution in [0.1, 0.15) is 24.2 Å². The largest absolute Gasteiger partial charge is 0.370 e. The van der Waals surface area contributed by atoms with Gasteiger partial charge in [0.2, 0.25) is 0 Å². The number of halogens is 1. The highest BCUT2D eigenvalue weighted by atomic mass is 19.1. The molecule has 2 aromatic rings. The van der Waals surface area contributed by atoms with E-state index in [0.717, 1.165) is 12.4 Å². The van der Waals surface area contributed by atoms with Crippen molar-refractivity contribution in [1.29, 1.82) is 0 Å². The zero-order valence-electron chi connectivity index (χ0n) is 15.3. The summed E-state index contributed by atoms with van der Waals surface area (Å²) in [6, 6.07) is 10.4. The lowest BCUT2D eigenvalue weighted by atomic mass is 10.2. The summed E-state index contributed by atoms with van der Waals surface area (Å²) in [5.41, 5.74) is 1.18. The van der Waals surface area contributed by atoms with Crippen molar-refractivity contribution in [3.63, 3.8) is 0 Å². The van der Waals surface area contributed by atoms with Crippen LogP contribution in [0, 0.1) is 11.7 Å². The van der Waals surface area contributed by atoms with Gasteiger partial charge in [-0.3, -0.25) is 4.79 Å². The third-order valence-corrected chi connectivity index (χ3v) is 4.46. The fourth-order valence-electron chi connectivity index (χ4n) is 2.97. The maximum Gasteiger partial charge on any atom is 0.255 e. The number of amides is 1. The number of nitrogens with one attached hydrogen (secondary N) is 1. The molecule has 1 fully saturated rings. The van der Waals surface area contributed by atoms with Crippen molar-refractivity contribution in [2.75, 3.05) is 42.9 Å². The maximum atomic E-state index is 13.9. The normalized spacial score (nSPS) is 14.6. The number of anilines is 2. The van der Waals surface area contributed by atoms with Crippen molar-refractivity contribution in [2.24, 2.45) is 5.92 Å². The Hall–Kier alpha value is -2.63. The van der Waals surface area contributed by atoms with Gasteiger partial charge in [0.1, 0.15) is 11.6 Å². The molecule has 138 valence electrons. The van der Waals surface area contributed by atoms with E-state index in [4.69, 9.17) is 0 Å². The van der Waals surface area contributed by atoms with Gasteiger partial charge < -0.3 is 15.1 Å². The lowest BCUT2D eigenvalue weighted by Gasteiger charge is -2.36. The quantitative estimate of drug-likeness (QED) is 0.893. The fraction of sp³-hybridized carbons (Fsp3) is 0.400. The van der Waals surface area contributed by atoms with Crippen LogP contribution in [0.3, 0.4) is 0 Å². The van der Waals surface area contributed by atoms with Crippen molar-refractivity contribution >= 4 is 17.4 Å². The zero-order valence-corrected chi connectivity index (χ0v) is 15.3. The highest BCUT2D eigenvalue weighted by molar-refractivity contribution is 5.94. The van der Waals surface area contributed by atoms with E-state index in [0.29, 0.717) is 43.3 Å². The first-order valence-corrected chi connectivity index (χ1v) is 9.03. The van der Waals surface area contributed by atoms with Crippen molar-refractivity contribution < 1.29 is 9.18 Å². The molecule has 1 saturated heterocycles. The molecule has 0 radical (unpaired) electrons. The van der Waals surface area contributed by atoms with E-state index in [9.17, 15) is 9.18 Å². The third-order valence-electron chi connectivity index (χ3n) is 4.46. The highest BCUT2D eigenvalue weighted by Gasteiger charge is 2.23. The van der Waals surface area contributed by atoms with Gasteiger partial charge in [-0.2, -0.15) is 0 Å². The zero-order chi connectivity index (χ0) is 18.5. The summed E-state index contributed by atoms with van der Waals surface area (Å²) >= 11 is 0. The summed E-state index contributed by atoms with van der Waals surface area (Å²) in [4.78, 5) is 20.8. The minimum absolute atomic E-state index is 0.0268. The first-order valence-electron chi connectivity index (χ1n) is 9.03. The van der Waals surface area contributed by atoms with Gasteiger partial charge >= 0.3 is 0 Å². The number of aromatic nitrogens is 1. The Morgan fingerprint density at radius 2 is 1.88 bits per heavy atom. The van der Waals surface area contributed by atoms with Gasteiger partial charge in [0.15, 0.2) is 0 Å². The van der Waals surface area contributed by atoms with Crippen LogP contribution in [0.5, 0.6) is 0 Å². The predicted octanol–water partition coefficient (Wildman–Crippen LogP) is 3.25. The first kappa shape index (κ1) is 18.2. The fourth-order valence-corrected chi connectivity index (χ4v) is 2.97. The molecule has 0 aliphatic carbocycles. The summed E-state index contributed by atoms with van der Waals surface area (Å²) in [5, 5.41) is 3.24. The van der Waals surface area contributed by atoms with E-state index in [1.807, 2.05) is 17.0 Å². The monoisotopic (exact) mass is 356 g/mol. The number of para-hydroxylation sites is 1. The highest BCUT2D eigenvalue weighted by Crippen LogP contribution is 2.20. The van der Waals surface area contributed by atoms with Crippen LogP contribution in [-0.4, -0.2) is 48.5 Å². The molecule has 0 atom stereocenters. The Kier molecular flexibility index (Phi) is 5.71. The molecular formula is C20H25FN4O. The van der Waals surface area contributed by atoms with Crippen LogP contribution >= 0.6 is 0 Å². The molecule has 1 aromatic carbocycles. The number of hydrogen-bond donors (Lipinski definition) is 1. The van der Waals surface area contributed by atoms with Crippen LogP contribution < -0.4 is 10.2 Å². The van der Waals surface area contributed by atoms with E-state index in [2.05, 4.69) is 24.1 Å². The van der Waals surface area contributed by atoms with E-state index in [1.165, 1.54) is 6.07 Å². The molecule has 1 aliphatic heterocycles. The molecule has 26 heavy (non-hydrogen) atoms. The van der Waals surface area contributed by atoms with Gasteiger partial charge in [-0.1, -0.05) is 26.0 Å². The smallest absolute Gasteiger partial charge is 0.255 e. The number of benzene rings is 1. The SMILES string of the molecule is CC(C)CNc1ccc(C(=O)N2CCN(c3ccccc3F)CC2)cn1. The van der Waals surface area contributed by atoms with Crippen molar-refractivity contribution in [3.05, 3.63) is 54.0 Å². The van der Waals surface area contributed by atoms with Gasteiger partial charge in [0, 0.05) is 38.9 Å². The lowest BCUT2D eigenvalue weighted by molar-refractivity contribution is 0.0746. The summed E-state index contributed by atoms with van der Waals surface area (Å²) in [6.07, 6.45) is 1.62. The second-order valence-electron chi connectivity index (χ2n) is 6.94. The van der Waals surface area contributed by atoms with E-state index >= 15 is 0 Å². The van der Waals surface area contributed by atoms with Crippen molar-refractivity contribution in [2.45, 2.75) is 13.8 Å². The number of hydrogen-bond acceptors (Lipinski definition) is 4. The van der Waals surface area contributed by atoms with Crippen LogP contribution in [0.25, 0.3) is 0 Å². The molecule has 1 aliphatic rings. The summed E-state index contributed by atoms with van der Waals surface area (Å²) in [6.45, 7) is 7.49. The Bertz CT molecular complexity index is 740. The molecule has 6 heteroatoms. The van der Waals surface area contributed by atoms with Crippen LogP contribution in [0.2, 0.25) is 0 Å². The molecule has 1 N–H and O–H groups in total. The van der Waals surface area contributed by atoms with Gasteiger partial charge in [-0.15, -0.1) is 0 Å². The minimum atomic E-state index is -0.221. The number of nitrogens with zero attached hydrogens (tertiary/aromatic N) is 3. The van der Waals surface area contributed by atoms with Crippen LogP contribution in [0.4, 0.5) is 15.9 Å². The van der Waals surface area contributed by atoms with Gasteiger partial charge in [0.25, 0.3) is 5.91 Å². The number of carbonyl (C=O) groups excluding carboxylic acids is 1.